The molecule has 0 N–H and O–H groups in total. The van der Waals surface area contributed by atoms with Crippen LogP contribution >= 0.6 is 0 Å². The lowest BCUT2D eigenvalue weighted by molar-refractivity contribution is 1.35. The van der Waals surface area contributed by atoms with Crippen LogP contribution in [0.5, 0.6) is 0 Å². The molecule has 0 aliphatic carbocycles. The largest absolute Gasteiger partial charge is 0.0563 e. The maximum Gasteiger partial charge on any atom is -0.0224 e. The van der Waals surface area contributed by atoms with E-state index in [1.807, 2.05) is 0 Å². The van der Waals surface area contributed by atoms with Crippen molar-refractivity contribution >= 4 is 24.3 Å². The van der Waals surface area contributed by atoms with Gasteiger partial charge in [0, 0.05) is 0 Å². The van der Waals surface area contributed by atoms with Crippen molar-refractivity contribution < 1.29 is 0 Å². The summed E-state index contributed by atoms with van der Waals surface area (Å²) in [6, 6.07) is 17.9. The van der Waals surface area contributed by atoms with Crippen LogP contribution in [0.25, 0.3) is 24.3 Å². The minimum atomic E-state index is 1.26. The zero-order valence-corrected chi connectivity index (χ0v) is 17.9. The van der Waals surface area contributed by atoms with Crippen molar-refractivity contribution in [2.75, 3.05) is 0 Å². The van der Waals surface area contributed by atoms with Crippen LogP contribution in [-0.2, 0) is 0 Å². The topological polar surface area (TPSA) is 0 Å². The third-order valence-corrected chi connectivity index (χ3v) is 5.05. The highest BCUT2D eigenvalue weighted by Crippen LogP contribution is 2.22. The molecule has 142 valence electrons. The Balaban J connectivity index is 1.86. The molecular formula is C28H30. The second-order valence-electron chi connectivity index (χ2n) is 8.07. The average molecular weight is 367 g/mol. The van der Waals surface area contributed by atoms with Gasteiger partial charge in [0.1, 0.15) is 0 Å². The van der Waals surface area contributed by atoms with E-state index >= 15 is 0 Å². The van der Waals surface area contributed by atoms with Crippen LogP contribution in [0, 0.1) is 41.5 Å². The Morgan fingerprint density at radius 1 is 0.393 bits per heavy atom. The number of rotatable bonds is 4. The number of hydrogen-bond donors (Lipinski definition) is 0. The normalized spacial score (nSPS) is 11.6. The first kappa shape index (κ1) is 19.9. The third kappa shape index (κ3) is 5.10. The van der Waals surface area contributed by atoms with Gasteiger partial charge >= 0.3 is 0 Å². The summed E-state index contributed by atoms with van der Waals surface area (Å²) in [5.74, 6) is 0. The average Bonchev–Trinajstić information content (AvgIpc) is 2.59. The summed E-state index contributed by atoms with van der Waals surface area (Å²) >= 11 is 0. The Kier molecular flexibility index (Phi) is 5.99. The molecular weight excluding hydrogens is 336 g/mol. The van der Waals surface area contributed by atoms with Crippen molar-refractivity contribution in [2.45, 2.75) is 41.5 Å². The number of benzene rings is 3. The van der Waals surface area contributed by atoms with Gasteiger partial charge in [0.05, 0.1) is 0 Å². The maximum atomic E-state index is 2.29. The first-order valence-electron chi connectivity index (χ1n) is 9.94. The molecule has 3 aromatic rings. The van der Waals surface area contributed by atoms with E-state index < -0.39 is 0 Å². The molecule has 0 atom stereocenters. The minimum Gasteiger partial charge on any atom is -0.0563 e. The summed E-state index contributed by atoms with van der Waals surface area (Å²) in [5.41, 5.74) is 12.9. The van der Waals surface area contributed by atoms with Crippen LogP contribution < -0.4 is 0 Å². The van der Waals surface area contributed by atoms with Gasteiger partial charge in [0.2, 0.25) is 0 Å². The standard InChI is InChI=1S/C28H30/c1-19-11-20(2)14-25(13-19)7-9-27-17-24(6)28(18-23(27)5)10-8-26-15-21(3)12-22(4)16-26/h7-18H,1-6H3/b9-7+,10-8+. The summed E-state index contributed by atoms with van der Waals surface area (Å²) < 4.78 is 0. The Morgan fingerprint density at radius 2 is 0.714 bits per heavy atom. The third-order valence-electron chi connectivity index (χ3n) is 5.05. The fourth-order valence-corrected chi connectivity index (χ4v) is 3.80. The smallest absolute Gasteiger partial charge is 0.0224 e. The quantitative estimate of drug-likeness (QED) is 0.412. The van der Waals surface area contributed by atoms with Gasteiger partial charge in [0.25, 0.3) is 0 Å². The van der Waals surface area contributed by atoms with E-state index in [9.17, 15) is 0 Å². The Morgan fingerprint density at radius 3 is 1.04 bits per heavy atom. The summed E-state index contributed by atoms with van der Waals surface area (Å²) in [6.07, 6.45) is 8.89. The summed E-state index contributed by atoms with van der Waals surface area (Å²) in [6.45, 7) is 13.0. The SMILES string of the molecule is Cc1cc(C)cc(/C=C/c2cc(C)c(/C=C/c3cc(C)cc(C)c3)cc2C)c1. The highest BCUT2D eigenvalue weighted by Gasteiger charge is 2.02. The maximum absolute atomic E-state index is 2.29. The molecule has 0 amide bonds. The summed E-state index contributed by atoms with van der Waals surface area (Å²) in [5, 5.41) is 0. The molecule has 0 spiro atoms. The molecule has 0 aliphatic heterocycles. The van der Waals surface area contributed by atoms with E-state index in [1.54, 1.807) is 0 Å². The Labute approximate surface area is 170 Å². The molecule has 0 radical (unpaired) electrons. The van der Waals surface area contributed by atoms with Gasteiger partial charge in [-0.1, -0.05) is 95.1 Å². The van der Waals surface area contributed by atoms with Gasteiger partial charge in [0.15, 0.2) is 0 Å². The first-order chi connectivity index (χ1) is 13.3. The first-order valence-corrected chi connectivity index (χ1v) is 9.94. The predicted octanol–water partition coefficient (Wildman–Crippen LogP) is 7.88. The molecule has 0 heterocycles. The van der Waals surface area contributed by atoms with Crippen molar-refractivity contribution in [3.8, 4) is 0 Å². The van der Waals surface area contributed by atoms with Gasteiger partial charge in [-0.25, -0.2) is 0 Å². The minimum absolute atomic E-state index is 1.26. The predicted molar refractivity (Wildman–Crippen MR) is 126 cm³/mol. The van der Waals surface area contributed by atoms with E-state index in [2.05, 4.69) is 114 Å². The van der Waals surface area contributed by atoms with Crippen molar-refractivity contribution in [1.29, 1.82) is 0 Å². The molecule has 0 saturated heterocycles. The lowest BCUT2D eigenvalue weighted by Crippen LogP contribution is -1.88. The van der Waals surface area contributed by atoms with E-state index in [0.717, 1.165) is 0 Å². The van der Waals surface area contributed by atoms with Crippen LogP contribution in [-0.4, -0.2) is 0 Å². The van der Waals surface area contributed by atoms with Crippen LogP contribution in [0.4, 0.5) is 0 Å². The molecule has 28 heavy (non-hydrogen) atoms. The van der Waals surface area contributed by atoms with E-state index in [-0.39, 0.29) is 0 Å². The van der Waals surface area contributed by atoms with Gasteiger partial charge in [-0.15, -0.1) is 0 Å². The van der Waals surface area contributed by atoms with Crippen molar-refractivity contribution in [2.24, 2.45) is 0 Å². The monoisotopic (exact) mass is 366 g/mol. The van der Waals surface area contributed by atoms with Crippen molar-refractivity contribution in [1.82, 2.24) is 0 Å². The van der Waals surface area contributed by atoms with E-state index in [0.29, 0.717) is 0 Å². The fraction of sp³-hybridized carbons (Fsp3) is 0.214. The van der Waals surface area contributed by atoms with Crippen LogP contribution in [0.15, 0.2) is 48.5 Å². The molecule has 0 aliphatic rings. The highest BCUT2D eigenvalue weighted by molar-refractivity contribution is 5.76. The Hall–Kier alpha value is -2.86. The number of hydrogen-bond acceptors (Lipinski definition) is 0. The van der Waals surface area contributed by atoms with Crippen LogP contribution in [0.1, 0.15) is 55.6 Å². The van der Waals surface area contributed by atoms with Gasteiger partial charge in [-0.2, -0.15) is 0 Å². The van der Waals surface area contributed by atoms with Crippen LogP contribution in [0.3, 0.4) is 0 Å². The van der Waals surface area contributed by atoms with Crippen molar-refractivity contribution in [3.05, 3.63) is 104 Å². The van der Waals surface area contributed by atoms with Gasteiger partial charge < -0.3 is 0 Å². The Bertz CT molecular complexity index is 934. The molecule has 0 saturated carbocycles. The molecule has 0 nitrogen and oxygen atoms in total. The fourth-order valence-electron chi connectivity index (χ4n) is 3.80. The van der Waals surface area contributed by atoms with Crippen molar-refractivity contribution in [3.63, 3.8) is 0 Å². The zero-order chi connectivity index (χ0) is 20.3. The number of aryl methyl sites for hydroxylation is 6. The molecule has 0 bridgehead atoms. The molecule has 0 aromatic heterocycles. The second kappa shape index (κ2) is 8.44. The summed E-state index contributed by atoms with van der Waals surface area (Å²) in [7, 11) is 0. The van der Waals surface area contributed by atoms with E-state index in [1.165, 1.54) is 55.6 Å². The van der Waals surface area contributed by atoms with Gasteiger partial charge in [-0.05, 0) is 74.9 Å². The molecule has 0 unspecified atom stereocenters. The van der Waals surface area contributed by atoms with E-state index in [4.69, 9.17) is 0 Å². The second-order valence-corrected chi connectivity index (χ2v) is 8.07. The summed E-state index contributed by atoms with van der Waals surface area (Å²) in [4.78, 5) is 0. The van der Waals surface area contributed by atoms with Gasteiger partial charge in [-0.3, -0.25) is 0 Å². The zero-order valence-electron chi connectivity index (χ0n) is 17.9. The lowest BCUT2D eigenvalue weighted by atomic mass is 9.97. The molecule has 3 rings (SSSR count). The molecule has 3 aromatic carbocycles. The lowest BCUT2D eigenvalue weighted by Gasteiger charge is -2.08. The molecule has 0 fully saturated rings. The molecule has 0 heteroatoms. The van der Waals surface area contributed by atoms with Crippen LogP contribution in [0.2, 0.25) is 0 Å². The highest BCUT2D eigenvalue weighted by atomic mass is 14.1.